The van der Waals surface area contributed by atoms with E-state index >= 15 is 0 Å². The Morgan fingerprint density at radius 1 is 1.11 bits per heavy atom. The van der Waals surface area contributed by atoms with Crippen molar-refractivity contribution < 1.29 is 8.78 Å². The van der Waals surface area contributed by atoms with Gasteiger partial charge in [0.05, 0.1) is 0 Å². The van der Waals surface area contributed by atoms with Gasteiger partial charge in [-0.1, -0.05) is 33.6 Å². The summed E-state index contributed by atoms with van der Waals surface area (Å²) in [6.45, 7) is 6.55. The van der Waals surface area contributed by atoms with Gasteiger partial charge >= 0.3 is 0 Å². The third-order valence-electron chi connectivity index (χ3n) is 5.54. The van der Waals surface area contributed by atoms with Crippen molar-refractivity contribution >= 4 is 0 Å². The first-order chi connectivity index (χ1) is 8.39. The van der Waals surface area contributed by atoms with E-state index < -0.39 is 11.3 Å². The first-order valence-electron chi connectivity index (χ1n) is 7.76. The Hall–Kier alpha value is -0.140. The highest BCUT2D eigenvalue weighted by Crippen LogP contribution is 2.66. The van der Waals surface area contributed by atoms with E-state index in [0.29, 0.717) is 17.8 Å². The molecule has 2 unspecified atom stereocenters. The quantitative estimate of drug-likeness (QED) is 0.515. The van der Waals surface area contributed by atoms with Gasteiger partial charge < -0.3 is 0 Å². The highest BCUT2D eigenvalue weighted by Gasteiger charge is 2.69. The summed E-state index contributed by atoms with van der Waals surface area (Å²) in [5.74, 6) is -1.73. The van der Waals surface area contributed by atoms with Crippen LogP contribution in [0.4, 0.5) is 8.78 Å². The highest BCUT2D eigenvalue weighted by molar-refractivity contribution is 5.09. The van der Waals surface area contributed by atoms with Gasteiger partial charge in [-0.05, 0) is 49.9 Å². The van der Waals surface area contributed by atoms with Crippen LogP contribution in [0.25, 0.3) is 0 Å². The van der Waals surface area contributed by atoms with Gasteiger partial charge in [-0.25, -0.2) is 8.78 Å². The molecule has 0 spiro atoms. The van der Waals surface area contributed by atoms with Crippen LogP contribution in [-0.2, 0) is 0 Å². The summed E-state index contributed by atoms with van der Waals surface area (Å²) in [4.78, 5) is 0. The lowest BCUT2D eigenvalue weighted by atomic mass is 9.84. The molecule has 2 saturated carbocycles. The SMILES string of the molecule is CCCC1(CCC(C)CC2(CC)CC2)CC1(F)F. The van der Waals surface area contributed by atoms with Gasteiger partial charge in [0.1, 0.15) is 0 Å². The number of alkyl halides is 2. The average molecular weight is 258 g/mol. The van der Waals surface area contributed by atoms with Crippen LogP contribution >= 0.6 is 0 Å². The number of hydrogen-bond donors (Lipinski definition) is 0. The third-order valence-corrected chi connectivity index (χ3v) is 5.54. The van der Waals surface area contributed by atoms with E-state index in [4.69, 9.17) is 0 Å². The van der Waals surface area contributed by atoms with Gasteiger partial charge in [-0.15, -0.1) is 0 Å². The van der Waals surface area contributed by atoms with Crippen molar-refractivity contribution in [3.05, 3.63) is 0 Å². The molecule has 2 aliphatic carbocycles. The van der Waals surface area contributed by atoms with Crippen LogP contribution in [0.3, 0.4) is 0 Å². The van der Waals surface area contributed by atoms with Crippen LogP contribution in [-0.4, -0.2) is 5.92 Å². The molecule has 0 radical (unpaired) electrons. The molecule has 0 nitrogen and oxygen atoms in total. The maximum absolute atomic E-state index is 13.5. The molecule has 0 amide bonds. The molecule has 2 heteroatoms. The zero-order chi connectivity index (χ0) is 13.4. The van der Waals surface area contributed by atoms with Crippen LogP contribution in [0.2, 0.25) is 0 Å². The van der Waals surface area contributed by atoms with Crippen molar-refractivity contribution in [1.82, 2.24) is 0 Å². The van der Waals surface area contributed by atoms with E-state index in [1.54, 1.807) is 0 Å². The zero-order valence-electron chi connectivity index (χ0n) is 12.2. The first kappa shape index (κ1) is 14.3. The summed E-state index contributed by atoms with van der Waals surface area (Å²) in [6, 6.07) is 0. The molecule has 2 atom stereocenters. The van der Waals surface area contributed by atoms with Crippen LogP contribution in [0.5, 0.6) is 0 Å². The average Bonchev–Trinajstić information content (AvgIpc) is 3.16. The summed E-state index contributed by atoms with van der Waals surface area (Å²) in [6.07, 6.45) is 8.76. The van der Waals surface area contributed by atoms with Gasteiger partial charge in [0.15, 0.2) is 0 Å². The van der Waals surface area contributed by atoms with E-state index in [0.717, 1.165) is 19.3 Å². The Morgan fingerprint density at radius 3 is 2.11 bits per heavy atom. The Kier molecular flexibility index (Phi) is 3.77. The van der Waals surface area contributed by atoms with Crippen molar-refractivity contribution in [3.8, 4) is 0 Å². The summed E-state index contributed by atoms with van der Waals surface area (Å²) in [5.41, 5.74) is -0.0116. The maximum Gasteiger partial charge on any atom is 0.254 e. The molecule has 106 valence electrons. The number of hydrogen-bond acceptors (Lipinski definition) is 0. The minimum atomic E-state index is -2.36. The lowest BCUT2D eigenvalue weighted by molar-refractivity contribution is 0.0532. The Labute approximate surface area is 111 Å². The summed E-state index contributed by atoms with van der Waals surface area (Å²) < 4.78 is 27.0. The predicted octanol–water partition coefficient (Wildman–Crippen LogP) is 5.81. The summed E-state index contributed by atoms with van der Waals surface area (Å²) >= 11 is 0. The molecule has 0 aromatic heterocycles. The fourth-order valence-corrected chi connectivity index (χ4v) is 3.77. The normalized spacial score (nSPS) is 33.2. The minimum absolute atomic E-state index is 0.152. The van der Waals surface area contributed by atoms with Crippen LogP contribution < -0.4 is 0 Å². The van der Waals surface area contributed by atoms with E-state index in [-0.39, 0.29) is 6.42 Å². The minimum Gasteiger partial charge on any atom is -0.206 e. The fourth-order valence-electron chi connectivity index (χ4n) is 3.77. The fraction of sp³-hybridized carbons (Fsp3) is 1.00. The predicted molar refractivity (Wildman–Crippen MR) is 71.9 cm³/mol. The molecule has 0 aromatic carbocycles. The van der Waals surface area contributed by atoms with Crippen molar-refractivity contribution in [3.63, 3.8) is 0 Å². The molecule has 2 aliphatic rings. The molecule has 2 fully saturated rings. The van der Waals surface area contributed by atoms with Gasteiger partial charge in [0, 0.05) is 11.8 Å². The Bertz CT molecular complexity index is 293. The topological polar surface area (TPSA) is 0 Å². The monoisotopic (exact) mass is 258 g/mol. The van der Waals surface area contributed by atoms with Crippen molar-refractivity contribution in [1.29, 1.82) is 0 Å². The van der Waals surface area contributed by atoms with Crippen LogP contribution in [0, 0.1) is 16.7 Å². The molecule has 0 aliphatic heterocycles. The standard InChI is InChI=1S/C16H28F2/c1-4-7-15(12-16(15,17)18)8-6-13(3)11-14(5-2)9-10-14/h13H,4-12H2,1-3H3. The van der Waals surface area contributed by atoms with Gasteiger partial charge in [0.25, 0.3) is 5.92 Å². The molecular weight excluding hydrogens is 230 g/mol. The van der Waals surface area contributed by atoms with E-state index in [1.807, 2.05) is 6.92 Å². The lowest BCUT2D eigenvalue weighted by Crippen LogP contribution is -2.14. The van der Waals surface area contributed by atoms with E-state index in [2.05, 4.69) is 13.8 Å². The number of halogens is 2. The maximum atomic E-state index is 13.5. The summed E-state index contributed by atoms with van der Waals surface area (Å²) in [7, 11) is 0. The lowest BCUT2D eigenvalue weighted by Gasteiger charge is -2.22. The second-order valence-electron chi connectivity index (χ2n) is 7.11. The molecule has 2 rings (SSSR count). The molecule has 0 heterocycles. The van der Waals surface area contributed by atoms with E-state index in [9.17, 15) is 8.78 Å². The molecule has 0 bridgehead atoms. The van der Waals surface area contributed by atoms with Crippen molar-refractivity contribution in [2.75, 3.05) is 0 Å². The van der Waals surface area contributed by atoms with Gasteiger partial charge in [-0.3, -0.25) is 0 Å². The second-order valence-corrected chi connectivity index (χ2v) is 7.11. The van der Waals surface area contributed by atoms with Gasteiger partial charge in [0.2, 0.25) is 0 Å². The molecule has 18 heavy (non-hydrogen) atoms. The molecule has 0 aromatic rings. The van der Waals surface area contributed by atoms with Crippen LogP contribution in [0.15, 0.2) is 0 Å². The Balaban J connectivity index is 1.77. The van der Waals surface area contributed by atoms with Crippen molar-refractivity contribution in [2.45, 2.75) is 84.5 Å². The van der Waals surface area contributed by atoms with Crippen LogP contribution in [0.1, 0.15) is 78.6 Å². The zero-order valence-corrected chi connectivity index (χ0v) is 12.2. The molecule has 0 N–H and O–H groups in total. The van der Waals surface area contributed by atoms with E-state index in [1.165, 1.54) is 25.7 Å². The third kappa shape index (κ3) is 2.72. The Morgan fingerprint density at radius 2 is 1.72 bits per heavy atom. The molecule has 0 saturated heterocycles. The highest BCUT2D eigenvalue weighted by atomic mass is 19.3. The summed E-state index contributed by atoms with van der Waals surface area (Å²) in [5, 5.41) is 0. The number of rotatable bonds is 8. The smallest absolute Gasteiger partial charge is 0.206 e. The molecular formula is C16H28F2. The van der Waals surface area contributed by atoms with Gasteiger partial charge in [-0.2, -0.15) is 0 Å². The van der Waals surface area contributed by atoms with Crippen molar-refractivity contribution in [2.24, 2.45) is 16.7 Å². The second kappa shape index (κ2) is 4.76. The first-order valence-corrected chi connectivity index (χ1v) is 7.76. The largest absolute Gasteiger partial charge is 0.254 e.